The molecule has 1 fully saturated rings. The first-order valence-corrected chi connectivity index (χ1v) is 12.8. The number of piperidine rings is 1. The van der Waals surface area contributed by atoms with Gasteiger partial charge < -0.3 is 19.2 Å². The van der Waals surface area contributed by atoms with Gasteiger partial charge in [0.2, 0.25) is 5.91 Å². The second-order valence-electron chi connectivity index (χ2n) is 9.71. The van der Waals surface area contributed by atoms with Crippen LogP contribution in [0.5, 0.6) is 0 Å². The molecule has 4 heterocycles. The summed E-state index contributed by atoms with van der Waals surface area (Å²) in [5, 5.41) is 12.8. The molecule has 0 bridgehead atoms. The highest BCUT2D eigenvalue weighted by atomic mass is 35.5. The van der Waals surface area contributed by atoms with E-state index in [0.717, 1.165) is 87.3 Å². The molecule has 0 unspecified atom stereocenters. The highest BCUT2D eigenvalue weighted by molar-refractivity contribution is 6.33. The molecule has 186 valence electrons. The molecule has 0 radical (unpaired) electrons. The molecule has 1 saturated heterocycles. The molecule has 1 amide bonds. The summed E-state index contributed by atoms with van der Waals surface area (Å²) in [4.78, 5) is 17.5. The maximum absolute atomic E-state index is 12.8. The van der Waals surface area contributed by atoms with Crippen LogP contribution >= 0.6 is 11.6 Å². The van der Waals surface area contributed by atoms with Gasteiger partial charge in [0, 0.05) is 37.5 Å². The van der Waals surface area contributed by atoms with Crippen molar-refractivity contribution in [3.8, 4) is 11.3 Å². The third-order valence-corrected chi connectivity index (χ3v) is 7.49. The van der Waals surface area contributed by atoms with Crippen molar-refractivity contribution in [1.82, 2.24) is 29.9 Å². The van der Waals surface area contributed by atoms with Crippen molar-refractivity contribution in [2.45, 2.75) is 45.3 Å². The van der Waals surface area contributed by atoms with Gasteiger partial charge in [-0.3, -0.25) is 9.69 Å². The Hall–Kier alpha value is -2.68. The molecule has 1 atom stereocenters. The first-order valence-electron chi connectivity index (χ1n) is 12.4. The highest BCUT2D eigenvalue weighted by Crippen LogP contribution is 2.29. The largest absolute Gasteiger partial charge is 0.460 e. The predicted molar refractivity (Wildman–Crippen MR) is 135 cm³/mol. The lowest BCUT2D eigenvalue weighted by Crippen LogP contribution is -2.40. The molecule has 9 heteroatoms. The van der Waals surface area contributed by atoms with Gasteiger partial charge in [0.1, 0.15) is 17.3 Å². The molecule has 35 heavy (non-hydrogen) atoms. The van der Waals surface area contributed by atoms with Crippen molar-refractivity contribution in [3.63, 3.8) is 0 Å². The quantitative estimate of drug-likeness (QED) is 0.559. The highest BCUT2D eigenvalue weighted by Gasteiger charge is 2.27. The fourth-order valence-electron chi connectivity index (χ4n) is 5.02. The van der Waals surface area contributed by atoms with E-state index in [2.05, 4.69) is 36.9 Å². The van der Waals surface area contributed by atoms with Crippen molar-refractivity contribution in [2.75, 3.05) is 33.2 Å². The number of amides is 1. The van der Waals surface area contributed by atoms with Gasteiger partial charge in [-0.1, -0.05) is 23.7 Å². The number of nitrogens with zero attached hydrogens (tertiary/aromatic N) is 5. The molecule has 1 aromatic carbocycles. The number of furan rings is 1. The van der Waals surface area contributed by atoms with Crippen LogP contribution in [0.25, 0.3) is 11.3 Å². The van der Waals surface area contributed by atoms with Crippen LogP contribution in [0.4, 0.5) is 0 Å². The van der Waals surface area contributed by atoms with Gasteiger partial charge in [-0.15, -0.1) is 10.2 Å². The van der Waals surface area contributed by atoms with Gasteiger partial charge in [0.05, 0.1) is 17.6 Å². The molecular weight excluding hydrogens is 464 g/mol. The number of nitrogens with one attached hydrogen (secondary N) is 1. The predicted octanol–water partition coefficient (Wildman–Crippen LogP) is 3.77. The minimum absolute atomic E-state index is 0.0830. The van der Waals surface area contributed by atoms with Gasteiger partial charge in [-0.2, -0.15) is 0 Å². The lowest BCUT2D eigenvalue weighted by Gasteiger charge is -2.29. The van der Waals surface area contributed by atoms with Crippen LogP contribution in [-0.2, 0) is 24.3 Å². The number of halogens is 1. The Kier molecular flexibility index (Phi) is 7.22. The molecule has 5 rings (SSSR count). The second-order valence-corrected chi connectivity index (χ2v) is 10.1. The van der Waals surface area contributed by atoms with Crippen LogP contribution in [0.1, 0.15) is 43.2 Å². The zero-order chi connectivity index (χ0) is 24.4. The number of hydrogen-bond acceptors (Lipinski definition) is 6. The SMILES string of the molecule is C[C@H](NC(=O)C1CCN(C)CC1)c1nnc2n1CCN(Cc1ccc(-c3ccccc3Cl)o1)CC2. The summed E-state index contributed by atoms with van der Waals surface area (Å²) in [7, 11) is 2.11. The number of carbonyl (C=O) groups is 1. The third-order valence-electron chi connectivity index (χ3n) is 7.16. The van der Waals surface area contributed by atoms with Crippen molar-refractivity contribution in [1.29, 1.82) is 0 Å². The average molecular weight is 497 g/mol. The molecule has 2 aliphatic heterocycles. The molecule has 0 spiro atoms. The van der Waals surface area contributed by atoms with E-state index >= 15 is 0 Å². The van der Waals surface area contributed by atoms with Gasteiger partial charge in [0.15, 0.2) is 5.82 Å². The van der Waals surface area contributed by atoms with E-state index < -0.39 is 0 Å². The van der Waals surface area contributed by atoms with E-state index in [1.165, 1.54) is 0 Å². The number of aromatic nitrogens is 3. The first-order chi connectivity index (χ1) is 17.0. The van der Waals surface area contributed by atoms with E-state index in [1.807, 2.05) is 43.3 Å². The van der Waals surface area contributed by atoms with E-state index in [4.69, 9.17) is 16.0 Å². The summed E-state index contributed by atoms with van der Waals surface area (Å²) in [5.41, 5.74) is 0.906. The second kappa shape index (κ2) is 10.5. The van der Waals surface area contributed by atoms with Crippen LogP contribution < -0.4 is 5.32 Å². The van der Waals surface area contributed by atoms with Crippen molar-refractivity contribution < 1.29 is 9.21 Å². The van der Waals surface area contributed by atoms with Gasteiger partial charge in [-0.05, 0) is 64.2 Å². The molecule has 1 N–H and O–H groups in total. The zero-order valence-corrected chi connectivity index (χ0v) is 21.2. The molecule has 0 saturated carbocycles. The number of likely N-dealkylation sites (tertiary alicyclic amines) is 1. The smallest absolute Gasteiger partial charge is 0.223 e. The molecule has 2 aromatic heterocycles. The first kappa shape index (κ1) is 24.0. The number of rotatable bonds is 6. The summed E-state index contributed by atoms with van der Waals surface area (Å²) >= 11 is 6.33. The minimum atomic E-state index is -0.168. The Balaban J connectivity index is 1.19. The van der Waals surface area contributed by atoms with Crippen LogP contribution in [0, 0.1) is 5.92 Å². The molecular formula is C26H33ClN6O2. The van der Waals surface area contributed by atoms with Crippen molar-refractivity contribution in [2.24, 2.45) is 5.92 Å². The summed E-state index contributed by atoms with van der Waals surface area (Å²) in [6, 6.07) is 11.6. The Labute approximate surface area is 211 Å². The van der Waals surface area contributed by atoms with E-state index in [9.17, 15) is 4.79 Å². The van der Waals surface area contributed by atoms with Gasteiger partial charge in [-0.25, -0.2) is 0 Å². The Morgan fingerprint density at radius 3 is 2.71 bits per heavy atom. The number of benzene rings is 1. The van der Waals surface area contributed by atoms with Crippen molar-refractivity contribution >= 4 is 17.5 Å². The monoisotopic (exact) mass is 496 g/mol. The molecule has 2 aliphatic rings. The maximum atomic E-state index is 12.8. The maximum Gasteiger partial charge on any atom is 0.223 e. The summed E-state index contributed by atoms with van der Waals surface area (Å²) in [6.07, 6.45) is 2.63. The van der Waals surface area contributed by atoms with Crippen molar-refractivity contribution in [3.05, 3.63) is 58.8 Å². The third kappa shape index (κ3) is 5.44. The summed E-state index contributed by atoms with van der Waals surface area (Å²) in [6.45, 7) is 7.18. The average Bonchev–Trinajstić information content (AvgIpc) is 3.43. The van der Waals surface area contributed by atoms with E-state index in [-0.39, 0.29) is 17.9 Å². The lowest BCUT2D eigenvalue weighted by atomic mass is 9.96. The van der Waals surface area contributed by atoms with Crippen LogP contribution in [0.15, 0.2) is 40.8 Å². The normalized spacial score (nSPS) is 18.7. The topological polar surface area (TPSA) is 79.4 Å². The summed E-state index contributed by atoms with van der Waals surface area (Å²) in [5.74, 6) is 3.72. The van der Waals surface area contributed by atoms with Gasteiger partial charge in [0.25, 0.3) is 0 Å². The van der Waals surface area contributed by atoms with E-state index in [1.54, 1.807) is 0 Å². The number of hydrogen-bond donors (Lipinski definition) is 1. The van der Waals surface area contributed by atoms with Crippen LogP contribution in [-0.4, -0.2) is 63.7 Å². The zero-order valence-electron chi connectivity index (χ0n) is 20.4. The van der Waals surface area contributed by atoms with Gasteiger partial charge >= 0.3 is 0 Å². The fraction of sp³-hybridized carbons (Fsp3) is 0.500. The lowest BCUT2D eigenvalue weighted by molar-refractivity contribution is -0.127. The number of fused-ring (bicyclic) bond motifs is 1. The molecule has 0 aliphatic carbocycles. The minimum Gasteiger partial charge on any atom is -0.460 e. The number of carbonyl (C=O) groups excluding carboxylic acids is 1. The Bertz CT molecular complexity index is 1170. The van der Waals surface area contributed by atoms with Crippen LogP contribution in [0.2, 0.25) is 5.02 Å². The standard InChI is InChI=1S/C26H33ClN6O2/c1-18(28-26(34)19-9-12-31(2)13-10-19)25-30-29-24-11-14-32(15-16-33(24)25)17-20-7-8-23(35-20)21-5-3-4-6-22(21)27/h3-8,18-19H,9-17H2,1-2H3,(H,28,34)/t18-/m0/s1. The fourth-order valence-corrected chi connectivity index (χ4v) is 5.25. The van der Waals surface area contributed by atoms with E-state index in [0.29, 0.717) is 5.02 Å². The van der Waals surface area contributed by atoms with Crippen LogP contribution in [0.3, 0.4) is 0 Å². The molecule has 8 nitrogen and oxygen atoms in total. The Morgan fingerprint density at radius 2 is 1.91 bits per heavy atom. The molecule has 3 aromatic rings. The summed E-state index contributed by atoms with van der Waals surface area (Å²) < 4.78 is 8.29. The Morgan fingerprint density at radius 1 is 1.11 bits per heavy atom.